The smallest absolute Gasteiger partial charge is 0.135 e. The molecule has 0 radical (unpaired) electrons. The second-order valence-corrected chi connectivity index (χ2v) is 15.3. The van der Waals surface area contributed by atoms with Gasteiger partial charge in [-0.2, -0.15) is 0 Å². The molecule has 0 atom stereocenters. The molecule has 1 aliphatic rings. The third-order valence-corrected chi connectivity index (χ3v) is 11.8. The molecule has 1 aromatic heterocycles. The zero-order valence-corrected chi connectivity index (χ0v) is 30.8. The highest BCUT2D eigenvalue weighted by Crippen LogP contribution is 2.53. The zero-order valence-electron chi connectivity index (χ0n) is 30.8. The maximum absolute atomic E-state index is 6.28. The van der Waals surface area contributed by atoms with Gasteiger partial charge in [0.25, 0.3) is 0 Å². The summed E-state index contributed by atoms with van der Waals surface area (Å²) in [5.41, 5.74) is 15.1. The minimum Gasteiger partial charge on any atom is -0.456 e. The monoisotopic (exact) mass is 703 g/mol. The molecule has 0 amide bonds. The lowest BCUT2D eigenvalue weighted by Crippen LogP contribution is -2.17. The molecule has 9 aromatic carbocycles. The molecule has 0 bridgehead atoms. The van der Waals surface area contributed by atoms with E-state index in [1.165, 1.54) is 66.1 Å². The molecule has 1 aliphatic carbocycles. The number of nitrogens with zero attached hydrogens (tertiary/aromatic N) is 1. The Kier molecular flexibility index (Phi) is 6.93. The van der Waals surface area contributed by atoms with Crippen LogP contribution < -0.4 is 4.90 Å². The Balaban J connectivity index is 1.08. The van der Waals surface area contributed by atoms with Gasteiger partial charge in [-0.3, -0.25) is 0 Å². The molecule has 2 nitrogen and oxygen atoms in total. The number of para-hydroxylation sites is 2. The average molecular weight is 704 g/mol. The van der Waals surface area contributed by atoms with Crippen molar-refractivity contribution in [2.24, 2.45) is 0 Å². The number of anilines is 3. The molecule has 0 saturated heterocycles. The molecule has 0 aliphatic heterocycles. The Morgan fingerprint density at radius 3 is 1.85 bits per heavy atom. The van der Waals surface area contributed by atoms with Crippen LogP contribution in [0.3, 0.4) is 0 Å². The molecule has 2 heteroatoms. The zero-order chi connectivity index (χ0) is 36.7. The van der Waals surface area contributed by atoms with Crippen LogP contribution in [-0.2, 0) is 5.41 Å². The summed E-state index contributed by atoms with van der Waals surface area (Å²) in [7, 11) is 0. The van der Waals surface area contributed by atoms with Crippen LogP contribution in [0.2, 0.25) is 0 Å². The Morgan fingerprint density at radius 2 is 1.00 bits per heavy atom. The van der Waals surface area contributed by atoms with Crippen molar-refractivity contribution in [2.75, 3.05) is 4.90 Å². The van der Waals surface area contributed by atoms with E-state index in [9.17, 15) is 0 Å². The Morgan fingerprint density at radius 1 is 0.382 bits per heavy atom. The lowest BCUT2D eigenvalue weighted by Gasteiger charge is -2.30. The van der Waals surface area contributed by atoms with Crippen molar-refractivity contribution in [3.8, 4) is 33.4 Å². The summed E-state index contributed by atoms with van der Waals surface area (Å²) >= 11 is 0. The summed E-state index contributed by atoms with van der Waals surface area (Å²) < 4.78 is 6.28. The Bertz CT molecular complexity index is 3130. The van der Waals surface area contributed by atoms with E-state index in [1.807, 2.05) is 12.1 Å². The van der Waals surface area contributed by atoms with Gasteiger partial charge in [0.15, 0.2) is 0 Å². The Hall–Kier alpha value is -6.90. The first-order valence-corrected chi connectivity index (χ1v) is 19.1. The van der Waals surface area contributed by atoms with E-state index in [-0.39, 0.29) is 5.41 Å². The van der Waals surface area contributed by atoms with Gasteiger partial charge < -0.3 is 9.32 Å². The third kappa shape index (κ3) is 4.88. The molecule has 0 fully saturated rings. The fourth-order valence-electron chi connectivity index (χ4n) is 9.14. The number of rotatable bonds is 5. The predicted molar refractivity (Wildman–Crippen MR) is 232 cm³/mol. The quantitative estimate of drug-likeness (QED) is 0.166. The van der Waals surface area contributed by atoms with Crippen molar-refractivity contribution in [3.05, 3.63) is 199 Å². The number of hydrogen-bond donors (Lipinski definition) is 0. The highest BCUT2D eigenvalue weighted by Gasteiger charge is 2.36. The second-order valence-electron chi connectivity index (χ2n) is 15.3. The fraction of sp³-hybridized carbons (Fsp3) is 0.0566. The molecule has 10 aromatic rings. The van der Waals surface area contributed by atoms with Gasteiger partial charge in [-0.05, 0) is 115 Å². The van der Waals surface area contributed by atoms with Gasteiger partial charge in [0.05, 0.1) is 5.69 Å². The number of furan rings is 1. The first-order chi connectivity index (χ1) is 27.0. The number of fused-ring (bicyclic) bond motifs is 9. The van der Waals surface area contributed by atoms with Gasteiger partial charge in [0.2, 0.25) is 0 Å². The van der Waals surface area contributed by atoms with Crippen molar-refractivity contribution in [2.45, 2.75) is 19.3 Å². The molecule has 0 spiro atoms. The molecule has 55 heavy (non-hydrogen) atoms. The second kappa shape index (κ2) is 12.1. The minimum absolute atomic E-state index is 0.224. The van der Waals surface area contributed by atoms with Crippen LogP contribution in [0.5, 0.6) is 0 Å². The van der Waals surface area contributed by atoms with E-state index in [0.717, 1.165) is 39.0 Å². The topological polar surface area (TPSA) is 16.4 Å². The standard InChI is InChI=1S/C53H37NO/c1-53(2)48-31-36(46-30-35-16-6-7-17-39(35)41-19-8-9-20-42(41)46)24-27-43(48)44-28-25-38(33-49(44)53)54(50-22-12-10-18-40(50)34-14-4-3-5-15-34)37-26-29-52-47(32-37)45-21-11-13-23-51(45)55-52/h3-33H,1-2H3. The normalized spacial score (nSPS) is 13.1. The molecule has 260 valence electrons. The lowest BCUT2D eigenvalue weighted by molar-refractivity contribution is 0.660. The SMILES string of the molecule is CC1(C)c2cc(-c3cc4ccccc4c4ccccc34)ccc2-c2ccc(N(c3ccc4oc5ccccc5c4c3)c3ccccc3-c3ccccc3)cc21. The highest BCUT2D eigenvalue weighted by molar-refractivity contribution is 6.14. The predicted octanol–water partition coefficient (Wildman–Crippen LogP) is 15.0. The van der Waals surface area contributed by atoms with Crippen LogP contribution in [0.15, 0.2) is 192 Å². The Labute approximate surface area is 320 Å². The first kappa shape index (κ1) is 31.6. The molecule has 11 rings (SSSR count). The highest BCUT2D eigenvalue weighted by atomic mass is 16.3. The van der Waals surface area contributed by atoms with E-state index in [0.29, 0.717) is 0 Å². The summed E-state index contributed by atoms with van der Waals surface area (Å²) in [6.07, 6.45) is 0. The van der Waals surface area contributed by atoms with Crippen LogP contribution in [0.1, 0.15) is 25.0 Å². The average Bonchev–Trinajstić information content (AvgIpc) is 3.72. The van der Waals surface area contributed by atoms with E-state index < -0.39 is 0 Å². The van der Waals surface area contributed by atoms with Crippen LogP contribution in [-0.4, -0.2) is 0 Å². The van der Waals surface area contributed by atoms with Gasteiger partial charge in [0.1, 0.15) is 11.2 Å². The van der Waals surface area contributed by atoms with Crippen molar-refractivity contribution >= 4 is 60.5 Å². The van der Waals surface area contributed by atoms with E-state index in [1.54, 1.807) is 0 Å². The number of hydrogen-bond acceptors (Lipinski definition) is 2. The van der Waals surface area contributed by atoms with Crippen molar-refractivity contribution in [1.29, 1.82) is 0 Å². The van der Waals surface area contributed by atoms with E-state index >= 15 is 0 Å². The van der Waals surface area contributed by atoms with Crippen molar-refractivity contribution < 1.29 is 4.42 Å². The summed E-state index contributed by atoms with van der Waals surface area (Å²) in [6.45, 7) is 4.77. The summed E-state index contributed by atoms with van der Waals surface area (Å²) in [5, 5.41) is 7.37. The summed E-state index contributed by atoms with van der Waals surface area (Å²) in [4.78, 5) is 2.43. The first-order valence-electron chi connectivity index (χ1n) is 19.1. The van der Waals surface area contributed by atoms with Crippen LogP contribution in [0, 0.1) is 0 Å². The maximum Gasteiger partial charge on any atom is 0.135 e. The van der Waals surface area contributed by atoms with Crippen molar-refractivity contribution in [1.82, 2.24) is 0 Å². The van der Waals surface area contributed by atoms with Crippen molar-refractivity contribution in [3.63, 3.8) is 0 Å². The fourth-order valence-corrected chi connectivity index (χ4v) is 9.14. The lowest BCUT2D eigenvalue weighted by atomic mass is 9.81. The summed E-state index contributed by atoms with van der Waals surface area (Å²) in [5.74, 6) is 0. The maximum atomic E-state index is 6.28. The molecule has 0 saturated carbocycles. The summed E-state index contributed by atoms with van der Waals surface area (Å²) in [6, 6.07) is 68.5. The van der Waals surface area contributed by atoms with Gasteiger partial charge in [0, 0.05) is 33.1 Å². The molecule has 1 heterocycles. The minimum atomic E-state index is -0.224. The molecule has 0 unspecified atom stereocenters. The van der Waals surface area contributed by atoms with Crippen LogP contribution in [0.4, 0.5) is 17.1 Å². The van der Waals surface area contributed by atoms with Crippen LogP contribution >= 0.6 is 0 Å². The van der Waals surface area contributed by atoms with Gasteiger partial charge in [-0.15, -0.1) is 0 Å². The largest absolute Gasteiger partial charge is 0.456 e. The van der Waals surface area contributed by atoms with Gasteiger partial charge in [-0.25, -0.2) is 0 Å². The third-order valence-electron chi connectivity index (χ3n) is 11.8. The van der Waals surface area contributed by atoms with E-state index in [2.05, 4.69) is 195 Å². The van der Waals surface area contributed by atoms with Gasteiger partial charge in [-0.1, -0.05) is 147 Å². The van der Waals surface area contributed by atoms with E-state index in [4.69, 9.17) is 4.42 Å². The number of benzene rings is 9. The van der Waals surface area contributed by atoms with Crippen LogP contribution in [0.25, 0.3) is 76.9 Å². The molecular formula is C53H37NO. The van der Waals surface area contributed by atoms with Gasteiger partial charge >= 0.3 is 0 Å². The molecular weight excluding hydrogens is 667 g/mol. The molecule has 0 N–H and O–H groups in total.